The van der Waals surface area contributed by atoms with E-state index in [1.165, 1.54) is 0 Å². The zero-order valence-corrected chi connectivity index (χ0v) is 14.4. The standard InChI is InChI=1S/C20H21NO3/c1-20(2,3)24-19(22)21-12-11-17-16(9-6-10-18(17)21)14-7-5-8-15(13-14)23-4/h5-13H,1-4H3. The van der Waals surface area contributed by atoms with Crippen molar-refractivity contribution >= 4 is 17.0 Å². The highest BCUT2D eigenvalue weighted by Gasteiger charge is 2.19. The molecule has 0 aliphatic heterocycles. The van der Waals surface area contributed by atoms with E-state index in [0.717, 1.165) is 27.8 Å². The summed E-state index contributed by atoms with van der Waals surface area (Å²) >= 11 is 0. The van der Waals surface area contributed by atoms with Gasteiger partial charge in [-0.15, -0.1) is 0 Å². The van der Waals surface area contributed by atoms with Crippen LogP contribution in [0.1, 0.15) is 20.8 Å². The lowest BCUT2D eigenvalue weighted by atomic mass is 10.0. The molecule has 0 saturated heterocycles. The molecule has 4 heteroatoms. The van der Waals surface area contributed by atoms with Crippen LogP contribution in [0.5, 0.6) is 5.75 Å². The van der Waals surface area contributed by atoms with Crippen LogP contribution in [0, 0.1) is 0 Å². The Morgan fingerprint density at radius 3 is 2.50 bits per heavy atom. The van der Waals surface area contributed by atoms with Crippen LogP contribution in [-0.2, 0) is 4.74 Å². The first-order chi connectivity index (χ1) is 11.4. The number of nitrogens with zero attached hydrogens (tertiary/aromatic N) is 1. The summed E-state index contributed by atoms with van der Waals surface area (Å²) in [6, 6.07) is 15.7. The molecule has 0 bridgehead atoms. The molecule has 1 aromatic heterocycles. The third kappa shape index (κ3) is 3.13. The molecule has 1 heterocycles. The van der Waals surface area contributed by atoms with Gasteiger partial charge >= 0.3 is 6.09 Å². The molecule has 3 rings (SSSR count). The van der Waals surface area contributed by atoms with Crippen molar-refractivity contribution in [2.24, 2.45) is 0 Å². The monoisotopic (exact) mass is 323 g/mol. The van der Waals surface area contributed by atoms with Gasteiger partial charge in [-0.3, -0.25) is 4.57 Å². The molecule has 0 unspecified atom stereocenters. The molecule has 0 aliphatic carbocycles. The van der Waals surface area contributed by atoms with Gasteiger partial charge in [0.05, 0.1) is 12.6 Å². The van der Waals surface area contributed by atoms with E-state index in [0.29, 0.717) is 0 Å². The predicted octanol–water partition coefficient (Wildman–Crippen LogP) is 5.10. The summed E-state index contributed by atoms with van der Waals surface area (Å²) in [5, 5.41) is 0.997. The second-order valence-corrected chi connectivity index (χ2v) is 6.64. The average molecular weight is 323 g/mol. The van der Waals surface area contributed by atoms with Gasteiger partial charge in [0.25, 0.3) is 0 Å². The fourth-order valence-corrected chi connectivity index (χ4v) is 2.68. The first-order valence-electron chi connectivity index (χ1n) is 7.87. The molecule has 2 aromatic carbocycles. The van der Waals surface area contributed by atoms with Gasteiger partial charge < -0.3 is 9.47 Å². The molecule has 4 nitrogen and oxygen atoms in total. The number of benzene rings is 2. The predicted molar refractivity (Wildman–Crippen MR) is 95.6 cm³/mol. The summed E-state index contributed by atoms with van der Waals surface area (Å²) in [6.07, 6.45) is 1.38. The second-order valence-electron chi connectivity index (χ2n) is 6.64. The Kier molecular flexibility index (Phi) is 4.06. The fourth-order valence-electron chi connectivity index (χ4n) is 2.68. The molecule has 0 aliphatic rings. The lowest BCUT2D eigenvalue weighted by Crippen LogP contribution is -2.26. The summed E-state index contributed by atoms with van der Waals surface area (Å²) in [5.41, 5.74) is 2.39. The van der Waals surface area contributed by atoms with Gasteiger partial charge in [0.1, 0.15) is 11.4 Å². The zero-order chi connectivity index (χ0) is 17.3. The van der Waals surface area contributed by atoms with E-state index >= 15 is 0 Å². The Balaban J connectivity index is 2.08. The highest BCUT2D eigenvalue weighted by molar-refractivity contribution is 5.99. The summed E-state index contributed by atoms with van der Waals surface area (Å²) < 4.78 is 12.3. The van der Waals surface area contributed by atoms with Gasteiger partial charge in [-0.2, -0.15) is 0 Å². The third-order valence-corrected chi connectivity index (χ3v) is 3.70. The number of fused-ring (bicyclic) bond motifs is 1. The molecule has 0 fully saturated rings. The number of hydrogen-bond acceptors (Lipinski definition) is 3. The topological polar surface area (TPSA) is 40.5 Å². The first-order valence-corrected chi connectivity index (χ1v) is 7.87. The van der Waals surface area contributed by atoms with Gasteiger partial charge in [-0.05, 0) is 56.2 Å². The number of carbonyl (C=O) groups is 1. The lowest BCUT2D eigenvalue weighted by molar-refractivity contribution is 0.0544. The number of rotatable bonds is 2. The SMILES string of the molecule is COc1cccc(-c2cccc3c2ccn3C(=O)OC(C)(C)C)c1. The molecule has 0 radical (unpaired) electrons. The highest BCUT2D eigenvalue weighted by Crippen LogP contribution is 2.31. The van der Waals surface area contributed by atoms with Crippen molar-refractivity contribution in [1.29, 1.82) is 0 Å². The van der Waals surface area contributed by atoms with Crippen LogP contribution in [0.25, 0.3) is 22.0 Å². The summed E-state index contributed by atoms with van der Waals surface area (Å²) in [4.78, 5) is 12.4. The van der Waals surface area contributed by atoms with Crippen LogP contribution in [0.15, 0.2) is 54.7 Å². The number of hydrogen-bond donors (Lipinski definition) is 0. The van der Waals surface area contributed by atoms with Gasteiger partial charge in [0.15, 0.2) is 0 Å². The van der Waals surface area contributed by atoms with Crippen molar-refractivity contribution in [2.45, 2.75) is 26.4 Å². The van der Waals surface area contributed by atoms with Crippen molar-refractivity contribution in [1.82, 2.24) is 4.57 Å². The maximum absolute atomic E-state index is 12.4. The van der Waals surface area contributed by atoms with E-state index in [1.807, 2.05) is 69.3 Å². The van der Waals surface area contributed by atoms with Crippen LogP contribution in [0.4, 0.5) is 4.79 Å². The molecule has 0 spiro atoms. The van der Waals surface area contributed by atoms with Crippen molar-refractivity contribution < 1.29 is 14.3 Å². The van der Waals surface area contributed by atoms with Gasteiger partial charge in [0.2, 0.25) is 0 Å². The molecular weight excluding hydrogens is 302 g/mol. The Morgan fingerprint density at radius 1 is 1.04 bits per heavy atom. The minimum atomic E-state index is -0.530. The molecule has 24 heavy (non-hydrogen) atoms. The average Bonchev–Trinajstić information content (AvgIpc) is 2.97. The molecule has 3 aromatic rings. The Hall–Kier alpha value is -2.75. The van der Waals surface area contributed by atoms with Crippen LogP contribution in [-0.4, -0.2) is 23.4 Å². The summed E-state index contributed by atoms with van der Waals surface area (Å²) in [7, 11) is 1.65. The van der Waals surface area contributed by atoms with Crippen molar-refractivity contribution in [2.75, 3.05) is 7.11 Å². The van der Waals surface area contributed by atoms with Crippen LogP contribution >= 0.6 is 0 Å². The molecule has 0 amide bonds. The van der Waals surface area contributed by atoms with E-state index in [1.54, 1.807) is 17.9 Å². The molecular formula is C20H21NO3. The molecule has 0 saturated carbocycles. The number of carbonyl (C=O) groups excluding carboxylic acids is 1. The third-order valence-electron chi connectivity index (χ3n) is 3.70. The summed E-state index contributed by atoms with van der Waals surface area (Å²) in [6.45, 7) is 5.58. The number of ether oxygens (including phenoxy) is 2. The van der Waals surface area contributed by atoms with E-state index in [-0.39, 0.29) is 6.09 Å². The minimum Gasteiger partial charge on any atom is -0.497 e. The first kappa shape index (κ1) is 16.1. The lowest BCUT2D eigenvalue weighted by Gasteiger charge is -2.19. The van der Waals surface area contributed by atoms with E-state index in [4.69, 9.17) is 9.47 Å². The largest absolute Gasteiger partial charge is 0.497 e. The van der Waals surface area contributed by atoms with Gasteiger partial charge in [-0.1, -0.05) is 24.3 Å². The van der Waals surface area contributed by atoms with Crippen LogP contribution < -0.4 is 4.74 Å². The van der Waals surface area contributed by atoms with E-state index < -0.39 is 5.60 Å². The van der Waals surface area contributed by atoms with Crippen molar-refractivity contribution in [3.05, 3.63) is 54.7 Å². The maximum Gasteiger partial charge on any atom is 0.418 e. The fraction of sp³-hybridized carbons (Fsp3) is 0.250. The van der Waals surface area contributed by atoms with Crippen LogP contribution in [0.2, 0.25) is 0 Å². The number of methoxy groups -OCH3 is 1. The Bertz CT molecular complexity index is 887. The van der Waals surface area contributed by atoms with Crippen molar-refractivity contribution in [3.8, 4) is 16.9 Å². The normalized spacial score (nSPS) is 11.5. The van der Waals surface area contributed by atoms with E-state index in [9.17, 15) is 4.79 Å². The van der Waals surface area contributed by atoms with E-state index in [2.05, 4.69) is 0 Å². The summed E-state index contributed by atoms with van der Waals surface area (Å²) in [5.74, 6) is 0.802. The molecule has 0 atom stereocenters. The molecule has 0 N–H and O–H groups in total. The van der Waals surface area contributed by atoms with Crippen molar-refractivity contribution in [3.63, 3.8) is 0 Å². The smallest absolute Gasteiger partial charge is 0.418 e. The minimum absolute atomic E-state index is 0.375. The maximum atomic E-state index is 12.4. The highest BCUT2D eigenvalue weighted by atomic mass is 16.6. The van der Waals surface area contributed by atoms with Gasteiger partial charge in [-0.25, -0.2) is 4.79 Å². The zero-order valence-electron chi connectivity index (χ0n) is 14.4. The van der Waals surface area contributed by atoms with Crippen LogP contribution in [0.3, 0.4) is 0 Å². The Morgan fingerprint density at radius 2 is 1.79 bits per heavy atom. The van der Waals surface area contributed by atoms with Gasteiger partial charge in [0, 0.05) is 11.6 Å². The Labute approximate surface area is 141 Å². The quantitative estimate of drug-likeness (QED) is 0.659. The number of aromatic nitrogens is 1. The second kappa shape index (κ2) is 6.04. The molecule has 124 valence electrons.